The van der Waals surface area contributed by atoms with E-state index in [0.29, 0.717) is 12.5 Å². The standard InChI is InChI=1S/C19H25INO3/c1-16-21-19(14-22,15-24-16)11-10-17-6-8-18(9-7-17)23-13-5-3-2-4-12-20/h4,6-9,12H,2-3,5,10-11,13-15H2,1H3/q-1/b12-4+. The van der Waals surface area contributed by atoms with Gasteiger partial charge in [0.05, 0.1) is 12.1 Å². The Morgan fingerprint density at radius 2 is 2.12 bits per heavy atom. The van der Waals surface area contributed by atoms with E-state index in [1.165, 1.54) is 5.56 Å². The van der Waals surface area contributed by atoms with Crippen molar-refractivity contribution in [3.63, 3.8) is 0 Å². The fourth-order valence-electron chi connectivity index (χ4n) is 2.66. The van der Waals surface area contributed by atoms with Crippen molar-refractivity contribution >= 4 is 28.5 Å². The molecule has 0 fully saturated rings. The Balaban J connectivity index is 1.74. The highest BCUT2D eigenvalue weighted by Crippen LogP contribution is 2.24. The quantitative estimate of drug-likeness (QED) is 0.411. The third-order valence-electron chi connectivity index (χ3n) is 4.14. The summed E-state index contributed by atoms with van der Waals surface area (Å²) < 4.78 is 13.2. The molecule has 1 aromatic rings. The lowest BCUT2D eigenvalue weighted by atomic mass is 9.94. The van der Waals surface area contributed by atoms with E-state index >= 15 is 0 Å². The van der Waals surface area contributed by atoms with Gasteiger partial charge in [0.2, 0.25) is 0 Å². The first-order chi connectivity index (χ1) is 11.7. The van der Waals surface area contributed by atoms with Gasteiger partial charge in [-0.3, -0.25) is 0 Å². The van der Waals surface area contributed by atoms with Crippen LogP contribution in [-0.2, 0) is 11.2 Å². The number of hydrogen-bond donors (Lipinski definition) is 0. The third-order valence-corrected chi connectivity index (χ3v) is 4.65. The second-order valence-electron chi connectivity index (χ2n) is 6.14. The fraction of sp³-hybridized carbons (Fsp3) is 0.526. The molecule has 0 saturated heterocycles. The van der Waals surface area contributed by atoms with Gasteiger partial charge in [0.1, 0.15) is 12.4 Å². The number of allylic oxidation sites excluding steroid dienone is 1. The van der Waals surface area contributed by atoms with Gasteiger partial charge in [-0.15, -0.1) is 6.61 Å². The molecule has 2 rings (SSSR count). The van der Waals surface area contributed by atoms with Crippen LogP contribution in [0.25, 0.3) is 0 Å². The lowest BCUT2D eigenvalue weighted by Gasteiger charge is -2.27. The van der Waals surface area contributed by atoms with Gasteiger partial charge in [-0.25, -0.2) is 4.99 Å². The predicted molar refractivity (Wildman–Crippen MR) is 104 cm³/mol. The molecule has 0 N–H and O–H groups in total. The van der Waals surface area contributed by atoms with Crippen molar-refractivity contribution in [1.29, 1.82) is 0 Å². The number of aliphatic imine (C=N–C) groups is 1. The van der Waals surface area contributed by atoms with Crippen LogP contribution < -0.4 is 9.84 Å². The molecule has 0 spiro atoms. The Bertz CT molecular complexity index is 556. The lowest BCUT2D eigenvalue weighted by Crippen LogP contribution is -2.39. The minimum Gasteiger partial charge on any atom is -0.853 e. The molecule has 1 unspecified atom stereocenters. The Hall–Kier alpha value is -1.08. The van der Waals surface area contributed by atoms with Crippen LogP contribution in [0.4, 0.5) is 0 Å². The molecular weight excluding hydrogens is 417 g/mol. The summed E-state index contributed by atoms with van der Waals surface area (Å²) in [5.41, 5.74) is 0.619. The maximum atomic E-state index is 11.5. The first-order valence-corrected chi connectivity index (χ1v) is 9.66. The number of nitrogens with zero attached hydrogens (tertiary/aromatic N) is 1. The van der Waals surface area contributed by atoms with E-state index in [0.717, 1.165) is 44.5 Å². The van der Waals surface area contributed by atoms with Gasteiger partial charge in [0.25, 0.3) is 0 Å². The number of halogens is 1. The Morgan fingerprint density at radius 1 is 1.33 bits per heavy atom. The Kier molecular flexibility index (Phi) is 8.05. The molecule has 24 heavy (non-hydrogen) atoms. The van der Waals surface area contributed by atoms with Crippen molar-refractivity contribution < 1.29 is 14.6 Å². The maximum Gasteiger partial charge on any atom is 0.180 e. The van der Waals surface area contributed by atoms with Crippen LogP contribution >= 0.6 is 22.6 Å². The van der Waals surface area contributed by atoms with Crippen LogP contribution in [0.15, 0.2) is 39.4 Å². The average Bonchev–Trinajstić information content (AvgIpc) is 2.99. The Morgan fingerprint density at radius 3 is 2.75 bits per heavy atom. The van der Waals surface area contributed by atoms with Gasteiger partial charge in [0, 0.05) is 6.92 Å². The molecule has 1 heterocycles. The van der Waals surface area contributed by atoms with Crippen molar-refractivity contribution in [3.05, 3.63) is 40.0 Å². The first-order valence-electron chi connectivity index (χ1n) is 8.42. The smallest absolute Gasteiger partial charge is 0.180 e. The summed E-state index contributed by atoms with van der Waals surface area (Å²) in [4.78, 5) is 4.39. The van der Waals surface area contributed by atoms with E-state index in [-0.39, 0.29) is 6.61 Å². The van der Waals surface area contributed by atoms with Crippen molar-refractivity contribution in [2.75, 3.05) is 19.8 Å². The monoisotopic (exact) mass is 442 g/mol. The summed E-state index contributed by atoms with van der Waals surface area (Å²) in [6, 6.07) is 8.14. The van der Waals surface area contributed by atoms with Gasteiger partial charge < -0.3 is 14.6 Å². The summed E-state index contributed by atoms with van der Waals surface area (Å²) in [6.45, 7) is 2.75. The zero-order chi connectivity index (χ0) is 17.3. The SMILES string of the molecule is CC1=NC(C[O-])(CCc2ccc(OCCCC/C=C/I)cc2)CO1. The third kappa shape index (κ3) is 6.09. The van der Waals surface area contributed by atoms with Crippen molar-refractivity contribution in [3.8, 4) is 5.75 Å². The van der Waals surface area contributed by atoms with Crippen LogP contribution in [0.2, 0.25) is 0 Å². The molecule has 0 saturated carbocycles. The summed E-state index contributed by atoms with van der Waals surface area (Å²) >= 11 is 2.24. The average molecular weight is 442 g/mol. The predicted octanol–water partition coefficient (Wildman–Crippen LogP) is 3.66. The molecule has 4 nitrogen and oxygen atoms in total. The molecule has 1 atom stereocenters. The molecule has 132 valence electrons. The minimum atomic E-state index is -0.578. The highest BCUT2D eigenvalue weighted by atomic mass is 127. The molecule has 0 aliphatic carbocycles. The number of ether oxygens (including phenoxy) is 2. The van der Waals surface area contributed by atoms with Crippen LogP contribution in [0.1, 0.15) is 38.2 Å². The van der Waals surface area contributed by atoms with Gasteiger partial charge in [-0.2, -0.15) is 0 Å². The summed E-state index contributed by atoms with van der Waals surface area (Å²) in [7, 11) is 0. The van der Waals surface area contributed by atoms with E-state index in [1.54, 1.807) is 0 Å². The summed E-state index contributed by atoms with van der Waals surface area (Å²) in [5.74, 6) is 1.53. The molecule has 0 aromatic heterocycles. The normalized spacial score (nSPS) is 20.2. The van der Waals surface area contributed by atoms with Crippen LogP contribution in [0, 0.1) is 0 Å². The highest BCUT2D eigenvalue weighted by molar-refractivity contribution is 14.1. The van der Waals surface area contributed by atoms with Crippen LogP contribution in [-0.4, -0.2) is 31.3 Å². The molecule has 0 bridgehead atoms. The number of unbranched alkanes of at least 4 members (excludes halogenated alkanes) is 2. The van der Waals surface area contributed by atoms with Gasteiger partial charge >= 0.3 is 0 Å². The van der Waals surface area contributed by atoms with Crippen molar-refractivity contribution in [1.82, 2.24) is 0 Å². The number of aryl methyl sites for hydroxylation is 1. The number of rotatable bonds is 10. The largest absolute Gasteiger partial charge is 0.853 e. The Labute approximate surface area is 158 Å². The summed E-state index contributed by atoms with van der Waals surface area (Å²) in [5, 5.41) is 11.5. The van der Waals surface area contributed by atoms with E-state index in [2.05, 4.69) is 49.9 Å². The van der Waals surface area contributed by atoms with Crippen molar-refractivity contribution in [2.45, 2.75) is 44.6 Å². The van der Waals surface area contributed by atoms with E-state index in [9.17, 15) is 5.11 Å². The molecule has 1 aliphatic rings. The van der Waals surface area contributed by atoms with E-state index in [4.69, 9.17) is 9.47 Å². The maximum absolute atomic E-state index is 11.5. The number of benzene rings is 1. The second kappa shape index (κ2) is 10.0. The molecule has 1 aliphatic heterocycles. The minimum absolute atomic E-state index is 0.224. The molecule has 0 radical (unpaired) electrons. The molecular formula is C19H25INO3-. The molecule has 1 aromatic carbocycles. The van der Waals surface area contributed by atoms with Crippen LogP contribution in [0.3, 0.4) is 0 Å². The summed E-state index contributed by atoms with van der Waals surface area (Å²) in [6.07, 6.45) is 7.04. The molecule has 5 heteroatoms. The van der Waals surface area contributed by atoms with Crippen LogP contribution in [0.5, 0.6) is 5.75 Å². The van der Waals surface area contributed by atoms with Gasteiger partial charge in [-0.1, -0.05) is 40.8 Å². The second-order valence-corrected chi connectivity index (χ2v) is 6.86. The van der Waals surface area contributed by atoms with Gasteiger partial charge in [0.15, 0.2) is 5.90 Å². The van der Waals surface area contributed by atoms with E-state index < -0.39 is 5.54 Å². The fourth-order valence-corrected chi connectivity index (χ4v) is 3.02. The zero-order valence-electron chi connectivity index (χ0n) is 14.2. The topological polar surface area (TPSA) is 53.9 Å². The molecule has 0 amide bonds. The van der Waals surface area contributed by atoms with Gasteiger partial charge in [-0.05, 0) is 53.9 Å². The van der Waals surface area contributed by atoms with E-state index in [1.807, 2.05) is 19.1 Å². The zero-order valence-corrected chi connectivity index (χ0v) is 16.3. The first kappa shape index (κ1) is 19.2. The highest BCUT2D eigenvalue weighted by Gasteiger charge is 2.30. The number of hydrogen-bond acceptors (Lipinski definition) is 4. The lowest BCUT2D eigenvalue weighted by molar-refractivity contribution is -0.381. The van der Waals surface area contributed by atoms with Crippen molar-refractivity contribution in [2.24, 2.45) is 4.99 Å².